The molecule has 1 saturated heterocycles. The Bertz CT molecular complexity index is 394. The molecule has 2 heteroatoms. The maximum Gasteiger partial charge on any atom is 0.139 e. The van der Waals surface area contributed by atoms with Crippen molar-refractivity contribution in [3.8, 4) is 0 Å². The number of rotatable bonds is 14. The Kier molecular flexibility index (Phi) is 11.7. The second kappa shape index (κ2) is 13.7. The molecule has 0 bridgehead atoms. The Balaban J connectivity index is 1.43. The fourth-order valence-electron chi connectivity index (χ4n) is 5.48. The molecule has 2 rings (SSSR count). The van der Waals surface area contributed by atoms with Gasteiger partial charge in [-0.1, -0.05) is 103 Å². The molecule has 1 aliphatic carbocycles. The first kappa shape index (κ1) is 22.9. The number of piperidine rings is 1. The monoisotopic (exact) mass is 377 g/mol. The van der Waals surface area contributed by atoms with E-state index in [2.05, 4.69) is 18.9 Å². The maximum absolute atomic E-state index is 12.5. The predicted molar refractivity (Wildman–Crippen MR) is 117 cm³/mol. The van der Waals surface area contributed by atoms with Crippen LogP contribution in [0.2, 0.25) is 0 Å². The third-order valence-electron chi connectivity index (χ3n) is 7.32. The molecule has 27 heavy (non-hydrogen) atoms. The highest BCUT2D eigenvalue weighted by atomic mass is 16.1. The zero-order chi connectivity index (χ0) is 19.3. The summed E-state index contributed by atoms with van der Waals surface area (Å²) in [6.45, 7) is 2.29. The summed E-state index contributed by atoms with van der Waals surface area (Å²) in [5, 5.41) is 0. The first-order valence-corrected chi connectivity index (χ1v) is 12.5. The van der Waals surface area contributed by atoms with Crippen molar-refractivity contribution < 1.29 is 4.79 Å². The normalized spacial score (nSPS) is 26.3. The average molecular weight is 378 g/mol. The molecule has 1 saturated carbocycles. The van der Waals surface area contributed by atoms with Crippen LogP contribution in [0.5, 0.6) is 0 Å². The molecule has 1 heterocycles. The summed E-state index contributed by atoms with van der Waals surface area (Å²) < 4.78 is 0. The Morgan fingerprint density at radius 2 is 1.30 bits per heavy atom. The number of ketones is 1. The van der Waals surface area contributed by atoms with Gasteiger partial charge >= 0.3 is 0 Å². The quantitative estimate of drug-likeness (QED) is 0.296. The number of hydrogen-bond acceptors (Lipinski definition) is 2. The van der Waals surface area contributed by atoms with Gasteiger partial charge in [-0.2, -0.15) is 0 Å². The van der Waals surface area contributed by atoms with Gasteiger partial charge in [0.1, 0.15) is 5.78 Å². The molecule has 0 spiro atoms. The van der Waals surface area contributed by atoms with Crippen LogP contribution >= 0.6 is 0 Å². The Labute approximate surface area is 169 Å². The number of hydrogen-bond donors (Lipinski definition) is 0. The number of fused-ring (bicyclic) bond motifs is 1. The minimum absolute atomic E-state index is 0.367. The molecule has 158 valence electrons. The van der Waals surface area contributed by atoms with Crippen LogP contribution in [0, 0.1) is 5.92 Å². The zero-order valence-corrected chi connectivity index (χ0v) is 18.5. The smallest absolute Gasteiger partial charge is 0.139 e. The molecular weight excluding hydrogens is 330 g/mol. The Hall–Kier alpha value is -0.370. The van der Waals surface area contributed by atoms with E-state index in [4.69, 9.17) is 0 Å². The van der Waals surface area contributed by atoms with Crippen molar-refractivity contribution in [3.05, 3.63) is 0 Å². The highest BCUT2D eigenvalue weighted by Crippen LogP contribution is 2.36. The summed E-state index contributed by atoms with van der Waals surface area (Å²) in [4.78, 5) is 15.1. The van der Waals surface area contributed by atoms with Crippen molar-refractivity contribution in [2.75, 3.05) is 7.05 Å². The molecule has 2 nitrogen and oxygen atoms in total. The highest BCUT2D eigenvalue weighted by Gasteiger charge is 2.40. The second-order valence-electron chi connectivity index (χ2n) is 9.48. The van der Waals surface area contributed by atoms with E-state index < -0.39 is 0 Å². The maximum atomic E-state index is 12.5. The van der Waals surface area contributed by atoms with E-state index in [1.54, 1.807) is 0 Å². The molecule has 0 amide bonds. The lowest BCUT2D eigenvalue weighted by Crippen LogP contribution is -2.53. The van der Waals surface area contributed by atoms with Gasteiger partial charge in [0.15, 0.2) is 0 Å². The minimum atomic E-state index is 0.367. The van der Waals surface area contributed by atoms with E-state index in [1.165, 1.54) is 109 Å². The summed E-state index contributed by atoms with van der Waals surface area (Å²) in [6.07, 6.45) is 25.5. The van der Waals surface area contributed by atoms with E-state index in [-0.39, 0.29) is 0 Å². The van der Waals surface area contributed by atoms with E-state index in [9.17, 15) is 4.79 Å². The molecular formula is C25H47NO. The standard InChI is InChI=1S/C25H47NO/c1-3-4-5-6-7-8-9-10-11-12-13-14-15-18-22-21-25(27)23-19-16-17-20-24(23)26(22)2/h22-24H,3-21H2,1-2H3/t22-,23+,24-/m1/s1. The molecule has 2 aliphatic rings. The van der Waals surface area contributed by atoms with Gasteiger partial charge in [-0.25, -0.2) is 0 Å². The molecule has 0 aromatic rings. The van der Waals surface area contributed by atoms with E-state index in [0.29, 0.717) is 23.8 Å². The van der Waals surface area contributed by atoms with Crippen LogP contribution in [-0.2, 0) is 4.79 Å². The minimum Gasteiger partial charge on any atom is -0.299 e. The number of likely N-dealkylation sites (tertiary alicyclic amines) is 1. The number of carbonyl (C=O) groups is 1. The molecule has 3 atom stereocenters. The third-order valence-corrected chi connectivity index (χ3v) is 7.32. The summed E-state index contributed by atoms with van der Waals surface area (Å²) in [5.74, 6) is 0.948. The first-order chi connectivity index (χ1) is 13.2. The molecule has 0 N–H and O–H groups in total. The fraction of sp³-hybridized carbons (Fsp3) is 0.960. The van der Waals surface area contributed by atoms with E-state index in [1.807, 2.05) is 0 Å². The predicted octanol–water partition coefficient (Wildman–Crippen LogP) is 7.30. The summed E-state index contributed by atoms with van der Waals surface area (Å²) >= 11 is 0. The van der Waals surface area contributed by atoms with Gasteiger partial charge in [-0.3, -0.25) is 9.69 Å². The van der Waals surface area contributed by atoms with Crippen LogP contribution in [0.15, 0.2) is 0 Å². The molecule has 2 fully saturated rings. The van der Waals surface area contributed by atoms with Crippen molar-refractivity contribution in [1.29, 1.82) is 0 Å². The molecule has 0 aromatic carbocycles. The van der Waals surface area contributed by atoms with Gasteiger partial charge in [-0.05, 0) is 26.3 Å². The second-order valence-corrected chi connectivity index (χ2v) is 9.48. The SMILES string of the molecule is CCCCCCCCCCCCCCC[C@@H]1CC(=O)[C@H]2CCCC[C@H]2N1C. The molecule has 0 unspecified atom stereocenters. The van der Waals surface area contributed by atoms with Gasteiger partial charge in [0.25, 0.3) is 0 Å². The number of unbranched alkanes of at least 4 members (excludes halogenated alkanes) is 12. The van der Waals surface area contributed by atoms with Gasteiger partial charge in [0, 0.05) is 24.4 Å². The van der Waals surface area contributed by atoms with Crippen LogP contribution in [0.1, 0.15) is 129 Å². The lowest BCUT2D eigenvalue weighted by Gasteiger charge is -2.46. The van der Waals surface area contributed by atoms with Crippen LogP contribution in [0.3, 0.4) is 0 Å². The topological polar surface area (TPSA) is 20.3 Å². The van der Waals surface area contributed by atoms with Crippen LogP contribution in [0.25, 0.3) is 0 Å². The number of nitrogens with zero attached hydrogens (tertiary/aromatic N) is 1. The van der Waals surface area contributed by atoms with Crippen LogP contribution in [-0.4, -0.2) is 29.8 Å². The molecule has 1 aliphatic heterocycles. The lowest BCUT2D eigenvalue weighted by atomic mass is 9.75. The average Bonchev–Trinajstić information content (AvgIpc) is 2.69. The Morgan fingerprint density at radius 1 is 0.778 bits per heavy atom. The largest absolute Gasteiger partial charge is 0.299 e. The third kappa shape index (κ3) is 8.26. The van der Waals surface area contributed by atoms with Crippen molar-refractivity contribution in [1.82, 2.24) is 4.90 Å². The first-order valence-electron chi connectivity index (χ1n) is 12.5. The van der Waals surface area contributed by atoms with Crippen molar-refractivity contribution in [3.63, 3.8) is 0 Å². The van der Waals surface area contributed by atoms with Crippen molar-refractivity contribution in [2.24, 2.45) is 5.92 Å². The lowest BCUT2D eigenvalue weighted by molar-refractivity contribution is -0.133. The van der Waals surface area contributed by atoms with Gasteiger partial charge < -0.3 is 0 Å². The van der Waals surface area contributed by atoms with Gasteiger partial charge in [0.2, 0.25) is 0 Å². The summed E-state index contributed by atoms with van der Waals surface area (Å²) in [5.41, 5.74) is 0. The Morgan fingerprint density at radius 3 is 1.89 bits per heavy atom. The fourth-order valence-corrected chi connectivity index (χ4v) is 5.48. The summed E-state index contributed by atoms with van der Waals surface area (Å²) in [7, 11) is 2.29. The van der Waals surface area contributed by atoms with Gasteiger partial charge in [-0.15, -0.1) is 0 Å². The molecule has 0 radical (unpaired) electrons. The van der Waals surface area contributed by atoms with Crippen molar-refractivity contribution in [2.45, 2.75) is 141 Å². The van der Waals surface area contributed by atoms with Crippen LogP contribution in [0.4, 0.5) is 0 Å². The number of carbonyl (C=O) groups excluding carboxylic acids is 1. The van der Waals surface area contributed by atoms with Crippen molar-refractivity contribution >= 4 is 5.78 Å². The van der Waals surface area contributed by atoms with Crippen LogP contribution < -0.4 is 0 Å². The summed E-state index contributed by atoms with van der Waals surface area (Å²) in [6, 6.07) is 1.09. The van der Waals surface area contributed by atoms with E-state index >= 15 is 0 Å². The van der Waals surface area contributed by atoms with E-state index in [0.717, 1.165) is 12.8 Å². The highest BCUT2D eigenvalue weighted by molar-refractivity contribution is 5.83. The molecule has 0 aromatic heterocycles. The zero-order valence-electron chi connectivity index (χ0n) is 18.5. The number of Topliss-reactive ketones (excluding diaryl/α,β-unsaturated/α-hetero) is 1. The van der Waals surface area contributed by atoms with Gasteiger partial charge in [0.05, 0.1) is 0 Å².